The zero-order chi connectivity index (χ0) is 12.9. The van der Waals surface area contributed by atoms with E-state index in [0.29, 0.717) is 0 Å². The van der Waals surface area contributed by atoms with Crippen LogP contribution in [0.4, 0.5) is 4.39 Å². The van der Waals surface area contributed by atoms with E-state index in [9.17, 15) is 4.39 Å². The molecule has 3 nitrogen and oxygen atoms in total. The van der Waals surface area contributed by atoms with Gasteiger partial charge in [0.05, 0.1) is 7.11 Å². The molecule has 0 fully saturated rings. The monoisotopic (exact) mass is 240 g/mol. The topological polar surface area (TPSA) is 47.3 Å². The molecule has 0 radical (unpaired) electrons. The van der Waals surface area contributed by atoms with Crippen LogP contribution in [-0.4, -0.2) is 25.7 Å². The SMILES string of the molecule is COc1ccc(F)cc1CCNCC(C)(C)N. The van der Waals surface area contributed by atoms with E-state index in [0.717, 1.165) is 30.8 Å². The number of nitrogens with one attached hydrogen (secondary N) is 1. The van der Waals surface area contributed by atoms with Gasteiger partial charge in [-0.2, -0.15) is 0 Å². The fraction of sp³-hybridized carbons (Fsp3) is 0.538. The van der Waals surface area contributed by atoms with Crippen LogP contribution < -0.4 is 15.8 Å². The second-order valence-corrected chi connectivity index (χ2v) is 4.87. The van der Waals surface area contributed by atoms with Crippen LogP contribution in [0.15, 0.2) is 18.2 Å². The lowest BCUT2D eigenvalue weighted by Crippen LogP contribution is -2.43. The lowest BCUT2D eigenvalue weighted by molar-refractivity contribution is 0.406. The van der Waals surface area contributed by atoms with Crippen molar-refractivity contribution in [1.82, 2.24) is 5.32 Å². The van der Waals surface area contributed by atoms with Crippen LogP contribution in [0, 0.1) is 5.82 Å². The Balaban J connectivity index is 2.48. The summed E-state index contributed by atoms with van der Waals surface area (Å²) in [5.74, 6) is 0.486. The van der Waals surface area contributed by atoms with Crippen molar-refractivity contribution in [3.63, 3.8) is 0 Å². The predicted molar refractivity (Wildman–Crippen MR) is 67.8 cm³/mol. The van der Waals surface area contributed by atoms with Gasteiger partial charge in [-0.05, 0) is 50.6 Å². The molecule has 96 valence electrons. The number of nitrogens with two attached hydrogens (primary N) is 1. The van der Waals surface area contributed by atoms with Gasteiger partial charge >= 0.3 is 0 Å². The zero-order valence-corrected chi connectivity index (χ0v) is 10.7. The first-order valence-corrected chi connectivity index (χ1v) is 5.74. The van der Waals surface area contributed by atoms with E-state index < -0.39 is 0 Å². The third kappa shape index (κ3) is 5.15. The molecule has 0 saturated carbocycles. The molecule has 3 N–H and O–H groups in total. The maximum atomic E-state index is 13.1. The van der Waals surface area contributed by atoms with Crippen molar-refractivity contribution in [2.24, 2.45) is 5.73 Å². The highest BCUT2D eigenvalue weighted by atomic mass is 19.1. The van der Waals surface area contributed by atoms with Crippen LogP contribution in [0.3, 0.4) is 0 Å². The average molecular weight is 240 g/mol. The number of methoxy groups -OCH3 is 1. The van der Waals surface area contributed by atoms with Gasteiger partial charge in [-0.25, -0.2) is 4.39 Å². The van der Waals surface area contributed by atoms with Gasteiger partial charge in [0.2, 0.25) is 0 Å². The quantitative estimate of drug-likeness (QED) is 0.744. The van der Waals surface area contributed by atoms with Gasteiger partial charge in [-0.15, -0.1) is 0 Å². The molecule has 0 unspecified atom stereocenters. The summed E-state index contributed by atoms with van der Waals surface area (Å²) in [4.78, 5) is 0. The molecule has 1 aromatic rings. The van der Waals surface area contributed by atoms with Crippen molar-refractivity contribution in [1.29, 1.82) is 0 Å². The second-order valence-electron chi connectivity index (χ2n) is 4.87. The van der Waals surface area contributed by atoms with Gasteiger partial charge in [0.15, 0.2) is 0 Å². The molecular weight excluding hydrogens is 219 g/mol. The van der Waals surface area contributed by atoms with E-state index >= 15 is 0 Å². The lowest BCUT2D eigenvalue weighted by Gasteiger charge is -2.19. The molecule has 0 aliphatic carbocycles. The van der Waals surface area contributed by atoms with Gasteiger partial charge < -0.3 is 15.8 Å². The predicted octanol–water partition coefficient (Wildman–Crippen LogP) is 1.70. The molecule has 0 aromatic heterocycles. The fourth-order valence-corrected chi connectivity index (χ4v) is 1.58. The third-order valence-electron chi connectivity index (χ3n) is 2.39. The molecule has 17 heavy (non-hydrogen) atoms. The highest BCUT2D eigenvalue weighted by Gasteiger charge is 2.09. The third-order valence-corrected chi connectivity index (χ3v) is 2.39. The average Bonchev–Trinajstić information content (AvgIpc) is 2.23. The molecule has 0 aliphatic rings. The van der Waals surface area contributed by atoms with E-state index in [1.54, 1.807) is 13.2 Å². The van der Waals surface area contributed by atoms with Crippen molar-refractivity contribution in [2.45, 2.75) is 25.8 Å². The van der Waals surface area contributed by atoms with Gasteiger partial charge in [0.1, 0.15) is 11.6 Å². The molecule has 0 atom stereocenters. The van der Waals surface area contributed by atoms with Crippen molar-refractivity contribution in [2.75, 3.05) is 20.2 Å². The van der Waals surface area contributed by atoms with E-state index in [1.165, 1.54) is 12.1 Å². The Morgan fingerprint density at radius 2 is 2.12 bits per heavy atom. The van der Waals surface area contributed by atoms with Crippen LogP contribution in [0.25, 0.3) is 0 Å². The Morgan fingerprint density at radius 1 is 1.41 bits per heavy atom. The summed E-state index contributed by atoms with van der Waals surface area (Å²) < 4.78 is 18.3. The van der Waals surface area contributed by atoms with Crippen molar-refractivity contribution >= 4 is 0 Å². The van der Waals surface area contributed by atoms with Gasteiger partial charge in [0.25, 0.3) is 0 Å². The maximum absolute atomic E-state index is 13.1. The van der Waals surface area contributed by atoms with E-state index in [2.05, 4.69) is 5.32 Å². The molecule has 0 amide bonds. The standard InChI is InChI=1S/C13H21FN2O/c1-13(2,15)9-16-7-6-10-8-11(14)4-5-12(10)17-3/h4-5,8,16H,6-7,9,15H2,1-3H3. The van der Waals surface area contributed by atoms with E-state index in [-0.39, 0.29) is 11.4 Å². The Kier molecular flexibility index (Phi) is 4.90. The second kappa shape index (κ2) is 5.98. The van der Waals surface area contributed by atoms with Crippen molar-refractivity contribution in [3.8, 4) is 5.75 Å². The lowest BCUT2D eigenvalue weighted by atomic mass is 10.1. The highest BCUT2D eigenvalue weighted by Crippen LogP contribution is 2.19. The van der Waals surface area contributed by atoms with Crippen LogP contribution in [0.1, 0.15) is 19.4 Å². The van der Waals surface area contributed by atoms with E-state index in [4.69, 9.17) is 10.5 Å². The van der Waals surface area contributed by atoms with Gasteiger partial charge in [0, 0.05) is 12.1 Å². The number of rotatable bonds is 6. The van der Waals surface area contributed by atoms with Crippen LogP contribution >= 0.6 is 0 Å². The largest absolute Gasteiger partial charge is 0.496 e. The summed E-state index contributed by atoms with van der Waals surface area (Å²) >= 11 is 0. The first kappa shape index (κ1) is 13.9. The van der Waals surface area contributed by atoms with Crippen LogP contribution in [-0.2, 0) is 6.42 Å². The first-order valence-electron chi connectivity index (χ1n) is 5.74. The summed E-state index contributed by atoms with van der Waals surface area (Å²) in [6.07, 6.45) is 0.719. The minimum absolute atomic E-state index is 0.230. The van der Waals surface area contributed by atoms with Crippen molar-refractivity contribution < 1.29 is 9.13 Å². The number of hydrogen-bond acceptors (Lipinski definition) is 3. The molecule has 0 saturated heterocycles. The molecule has 4 heteroatoms. The van der Waals surface area contributed by atoms with Crippen molar-refractivity contribution in [3.05, 3.63) is 29.6 Å². The Morgan fingerprint density at radius 3 is 2.71 bits per heavy atom. The minimum Gasteiger partial charge on any atom is -0.496 e. The Bertz CT molecular complexity index is 361. The smallest absolute Gasteiger partial charge is 0.123 e. The van der Waals surface area contributed by atoms with Gasteiger partial charge in [-0.1, -0.05) is 0 Å². The summed E-state index contributed by atoms with van der Waals surface area (Å²) in [7, 11) is 1.59. The molecular formula is C13H21FN2O. The number of hydrogen-bond donors (Lipinski definition) is 2. The number of benzene rings is 1. The Hall–Kier alpha value is -1.13. The molecule has 0 bridgehead atoms. The summed E-state index contributed by atoms with van der Waals surface area (Å²) in [6.45, 7) is 5.40. The van der Waals surface area contributed by atoms with Gasteiger partial charge in [-0.3, -0.25) is 0 Å². The van der Waals surface area contributed by atoms with Crippen LogP contribution in [0.5, 0.6) is 5.75 Å². The molecule has 1 rings (SSSR count). The Labute approximate surface area is 102 Å². The summed E-state index contributed by atoms with van der Waals surface area (Å²) in [5.41, 5.74) is 6.49. The number of ether oxygens (including phenoxy) is 1. The maximum Gasteiger partial charge on any atom is 0.123 e. The molecule has 1 aromatic carbocycles. The summed E-state index contributed by atoms with van der Waals surface area (Å²) in [6, 6.07) is 4.56. The number of halogens is 1. The highest BCUT2D eigenvalue weighted by molar-refractivity contribution is 5.34. The molecule has 0 spiro atoms. The molecule has 0 aliphatic heterocycles. The zero-order valence-electron chi connectivity index (χ0n) is 10.7. The normalized spacial score (nSPS) is 11.6. The minimum atomic E-state index is -0.236. The molecule has 0 heterocycles. The summed E-state index contributed by atoms with van der Waals surface area (Å²) in [5, 5.41) is 3.24. The fourth-order valence-electron chi connectivity index (χ4n) is 1.58. The van der Waals surface area contributed by atoms with Crippen LogP contribution in [0.2, 0.25) is 0 Å². The van der Waals surface area contributed by atoms with E-state index in [1.807, 2.05) is 13.8 Å². The first-order chi connectivity index (χ1) is 7.92.